The molecule has 6 nitrogen and oxygen atoms in total. The number of rotatable bonds is 7. The van der Waals surface area contributed by atoms with Crippen molar-refractivity contribution >= 4 is 27.8 Å². The number of carboxylic acid groups (broad SMARTS) is 1. The lowest BCUT2D eigenvalue weighted by molar-refractivity contribution is -0.140. The van der Waals surface area contributed by atoms with Gasteiger partial charge in [0.05, 0.1) is 6.42 Å². The number of carboxylic acids is 1. The number of nitrogens with zero attached hydrogens (tertiary/aromatic N) is 1. The molecule has 1 aliphatic heterocycles. The molecule has 1 unspecified atom stereocenters. The lowest BCUT2D eigenvalue weighted by Gasteiger charge is -2.28. The Morgan fingerprint density at radius 2 is 2.04 bits per heavy atom. The van der Waals surface area contributed by atoms with Crippen LogP contribution in [-0.4, -0.2) is 40.8 Å². The smallest absolute Gasteiger partial charge is 0.305 e. The number of aliphatic carboxylic acids is 1. The van der Waals surface area contributed by atoms with Crippen LogP contribution in [0.1, 0.15) is 25.8 Å². The number of hydrogen-bond donors (Lipinski definition) is 3. The lowest BCUT2D eigenvalue weighted by atomic mass is 10.1. The summed E-state index contributed by atoms with van der Waals surface area (Å²) < 4.78 is 0.980. The highest BCUT2D eigenvalue weighted by atomic mass is 79.9. The standard InChI is InChI=1S/C16H22BrN3O3/c1-10(2)8-18-16-19-15(23)13(7-14(21)22)20(16)9-11-3-5-12(17)6-4-11/h3-6,10,13,16,18H,7-9H2,1-2H3,(H,19,23)(H,21,22)/t13-,16?/m0/s1. The van der Waals surface area contributed by atoms with Crippen molar-refractivity contribution in [3.63, 3.8) is 0 Å². The molecule has 0 bridgehead atoms. The summed E-state index contributed by atoms with van der Waals surface area (Å²) in [6, 6.07) is 7.13. The number of carbonyl (C=O) groups excluding carboxylic acids is 1. The molecule has 0 spiro atoms. The first kappa shape index (κ1) is 17.9. The number of halogens is 1. The zero-order valence-electron chi connectivity index (χ0n) is 13.3. The summed E-state index contributed by atoms with van der Waals surface area (Å²) >= 11 is 3.39. The first-order valence-corrected chi connectivity index (χ1v) is 8.42. The third-order valence-electron chi connectivity index (χ3n) is 3.68. The third kappa shape index (κ3) is 5.02. The van der Waals surface area contributed by atoms with E-state index in [0.717, 1.165) is 16.6 Å². The van der Waals surface area contributed by atoms with Gasteiger partial charge in [-0.15, -0.1) is 0 Å². The zero-order chi connectivity index (χ0) is 17.0. The number of amides is 1. The Labute approximate surface area is 144 Å². The second-order valence-electron chi connectivity index (χ2n) is 6.13. The monoisotopic (exact) mass is 383 g/mol. The lowest BCUT2D eigenvalue weighted by Crippen LogP contribution is -2.50. The molecule has 0 saturated carbocycles. The highest BCUT2D eigenvalue weighted by Gasteiger charge is 2.40. The summed E-state index contributed by atoms with van der Waals surface area (Å²) in [4.78, 5) is 25.1. The van der Waals surface area contributed by atoms with Gasteiger partial charge in [-0.1, -0.05) is 41.9 Å². The molecule has 1 aromatic rings. The first-order chi connectivity index (χ1) is 10.9. The van der Waals surface area contributed by atoms with Gasteiger partial charge in [-0.05, 0) is 23.6 Å². The van der Waals surface area contributed by atoms with E-state index in [-0.39, 0.29) is 18.6 Å². The third-order valence-corrected chi connectivity index (χ3v) is 4.21. The molecule has 1 heterocycles. The number of benzene rings is 1. The molecule has 0 aromatic heterocycles. The fourth-order valence-electron chi connectivity index (χ4n) is 2.54. The summed E-state index contributed by atoms with van der Waals surface area (Å²) in [5.74, 6) is -0.791. The highest BCUT2D eigenvalue weighted by Crippen LogP contribution is 2.20. The van der Waals surface area contributed by atoms with Crippen LogP contribution in [-0.2, 0) is 16.1 Å². The van der Waals surface area contributed by atoms with Gasteiger partial charge in [0, 0.05) is 17.6 Å². The second kappa shape index (κ2) is 7.90. The molecule has 23 heavy (non-hydrogen) atoms. The minimum Gasteiger partial charge on any atom is -0.481 e. The SMILES string of the molecule is CC(C)CNC1NC(=O)[C@H](CC(=O)O)N1Cc1ccc(Br)cc1. The predicted octanol–water partition coefficient (Wildman–Crippen LogP) is 1.75. The minimum atomic E-state index is -0.976. The van der Waals surface area contributed by atoms with Gasteiger partial charge < -0.3 is 10.4 Å². The van der Waals surface area contributed by atoms with Gasteiger partial charge in [0.2, 0.25) is 5.91 Å². The van der Waals surface area contributed by atoms with Crippen molar-refractivity contribution in [1.82, 2.24) is 15.5 Å². The van der Waals surface area contributed by atoms with Crippen molar-refractivity contribution in [3.05, 3.63) is 34.3 Å². The number of carbonyl (C=O) groups is 2. The van der Waals surface area contributed by atoms with E-state index in [1.54, 1.807) is 0 Å². The van der Waals surface area contributed by atoms with Crippen LogP contribution in [0.5, 0.6) is 0 Å². The summed E-state index contributed by atoms with van der Waals surface area (Å²) in [5, 5.41) is 15.2. The van der Waals surface area contributed by atoms with E-state index in [2.05, 4.69) is 40.4 Å². The topological polar surface area (TPSA) is 81.7 Å². The molecule has 0 aliphatic carbocycles. The van der Waals surface area contributed by atoms with Gasteiger partial charge in [-0.25, -0.2) is 0 Å². The average molecular weight is 384 g/mol. The van der Waals surface area contributed by atoms with Crippen LogP contribution < -0.4 is 10.6 Å². The number of nitrogens with one attached hydrogen (secondary N) is 2. The zero-order valence-corrected chi connectivity index (χ0v) is 14.8. The van der Waals surface area contributed by atoms with Gasteiger partial charge in [0.25, 0.3) is 0 Å². The molecule has 3 N–H and O–H groups in total. The Hall–Kier alpha value is -1.44. The predicted molar refractivity (Wildman–Crippen MR) is 90.5 cm³/mol. The molecule has 1 aliphatic rings. The fourth-order valence-corrected chi connectivity index (χ4v) is 2.80. The van der Waals surface area contributed by atoms with Crippen LogP contribution in [0, 0.1) is 5.92 Å². The van der Waals surface area contributed by atoms with Crippen molar-refractivity contribution in [2.24, 2.45) is 5.92 Å². The first-order valence-electron chi connectivity index (χ1n) is 7.62. The van der Waals surface area contributed by atoms with Crippen LogP contribution in [0.4, 0.5) is 0 Å². The minimum absolute atomic E-state index is 0.206. The maximum Gasteiger partial charge on any atom is 0.305 e. The summed E-state index contributed by atoms with van der Waals surface area (Å²) in [7, 11) is 0. The molecule has 1 saturated heterocycles. The summed E-state index contributed by atoms with van der Waals surface area (Å²) in [5.41, 5.74) is 1.02. The average Bonchev–Trinajstić information content (AvgIpc) is 2.75. The Kier molecular flexibility index (Phi) is 6.15. The van der Waals surface area contributed by atoms with Crippen LogP contribution >= 0.6 is 15.9 Å². The molecule has 7 heteroatoms. The normalized spacial score (nSPS) is 21.7. The second-order valence-corrected chi connectivity index (χ2v) is 7.04. The quantitative estimate of drug-likeness (QED) is 0.668. The molecule has 2 atom stereocenters. The molecular formula is C16H22BrN3O3. The van der Waals surface area contributed by atoms with Gasteiger partial charge in [-0.3, -0.25) is 19.8 Å². The summed E-state index contributed by atoms with van der Waals surface area (Å²) in [6.07, 6.45) is -0.555. The fraction of sp³-hybridized carbons (Fsp3) is 0.500. The van der Waals surface area contributed by atoms with E-state index in [1.807, 2.05) is 29.2 Å². The molecule has 1 fully saturated rings. The Balaban J connectivity index is 2.15. The van der Waals surface area contributed by atoms with E-state index < -0.39 is 12.0 Å². The van der Waals surface area contributed by atoms with Crippen LogP contribution in [0.3, 0.4) is 0 Å². The van der Waals surface area contributed by atoms with E-state index in [9.17, 15) is 9.59 Å². The van der Waals surface area contributed by atoms with E-state index >= 15 is 0 Å². The van der Waals surface area contributed by atoms with Crippen molar-refractivity contribution < 1.29 is 14.7 Å². The molecular weight excluding hydrogens is 362 g/mol. The highest BCUT2D eigenvalue weighted by molar-refractivity contribution is 9.10. The van der Waals surface area contributed by atoms with Crippen LogP contribution in [0.2, 0.25) is 0 Å². The molecule has 2 rings (SSSR count). The van der Waals surface area contributed by atoms with Crippen LogP contribution in [0.15, 0.2) is 28.7 Å². The van der Waals surface area contributed by atoms with Crippen LogP contribution in [0.25, 0.3) is 0 Å². The maximum absolute atomic E-state index is 12.2. The maximum atomic E-state index is 12.2. The van der Waals surface area contributed by atoms with Gasteiger partial charge in [-0.2, -0.15) is 0 Å². The molecule has 1 amide bonds. The van der Waals surface area contributed by atoms with Crippen molar-refractivity contribution in [3.8, 4) is 0 Å². The summed E-state index contributed by atoms with van der Waals surface area (Å²) in [6.45, 7) is 5.40. The van der Waals surface area contributed by atoms with Gasteiger partial charge in [0.1, 0.15) is 12.3 Å². The van der Waals surface area contributed by atoms with E-state index in [4.69, 9.17) is 5.11 Å². The molecule has 126 valence electrons. The number of hydrogen-bond acceptors (Lipinski definition) is 4. The van der Waals surface area contributed by atoms with Gasteiger partial charge in [0.15, 0.2) is 0 Å². The van der Waals surface area contributed by atoms with Gasteiger partial charge >= 0.3 is 5.97 Å². The Morgan fingerprint density at radius 3 is 2.61 bits per heavy atom. The van der Waals surface area contributed by atoms with E-state index in [0.29, 0.717) is 12.5 Å². The Morgan fingerprint density at radius 1 is 1.39 bits per heavy atom. The van der Waals surface area contributed by atoms with Crippen molar-refractivity contribution in [2.75, 3.05) is 6.54 Å². The largest absolute Gasteiger partial charge is 0.481 e. The molecule has 1 aromatic carbocycles. The molecule has 0 radical (unpaired) electrons. The van der Waals surface area contributed by atoms with E-state index in [1.165, 1.54) is 0 Å². The van der Waals surface area contributed by atoms with Crippen molar-refractivity contribution in [1.29, 1.82) is 0 Å². The van der Waals surface area contributed by atoms with Crippen molar-refractivity contribution in [2.45, 2.75) is 39.1 Å². The Bertz CT molecular complexity index is 562.